The van der Waals surface area contributed by atoms with Crippen molar-refractivity contribution in [2.45, 2.75) is 81.0 Å². The van der Waals surface area contributed by atoms with Crippen molar-refractivity contribution in [2.75, 3.05) is 19.8 Å². The molecule has 7 nitrogen and oxygen atoms in total. The molecule has 0 aliphatic carbocycles. The molecule has 3 saturated heterocycles. The van der Waals surface area contributed by atoms with Crippen molar-refractivity contribution < 1.29 is 24.2 Å². The molecule has 3 aliphatic heterocycles. The third-order valence-electron chi connectivity index (χ3n) is 8.30. The maximum Gasteiger partial charge on any atom is 0.310 e. The molecule has 3 aliphatic rings. The summed E-state index contributed by atoms with van der Waals surface area (Å²) < 4.78 is 4.72. The van der Waals surface area contributed by atoms with Gasteiger partial charge in [0.25, 0.3) is 0 Å². The van der Waals surface area contributed by atoms with Crippen LogP contribution in [-0.2, 0) is 25.5 Å². The van der Waals surface area contributed by atoms with Crippen LogP contribution < -0.4 is 0 Å². The molecule has 1 spiro atoms. The second kappa shape index (κ2) is 11.6. The summed E-state index contributed by atoms with van der Waals surface area (Å²) in [7, 11) is 0. The van der Waals surface area contributed by atoms with Crippen molar-refractivity contribution in [2.24, 2.45) is 11.8 Å². The number of hydrogen-bond donors (Lipinski definition) is 1. The van der Waals surface area contributed by atoms with Crippen LogP contribution in [0.3, 0.4) is 0 Å². The van der Waals surface area contributed by atoms with Crippen LogP contribution in [-0.4, -0.2) is 80.6 Å². The second-order valence-corrected chi connectivity index (χ2v) is 12.1. The number of ether oxygens (including phenoxy) is 1. The van der Waals surface area contributed by atoms with Gasteiger partial charge in [-0.25, -0.2) is 0 Å². The lowest BCUT2D eigenvalue weighted by atomic mass is 9.71. The van der Waals surface area contributed by atoms with E-state index in [9.17, 15) is 19.5 Å². The van der Waals surface area contributed by atoms with Crippen molar-refractivity contribution in [1.29, 1.82) is 0 Å². The van der Waals surface area contributed by atoms with E-state index < -0.39 is 28.7 Å². The third kappa shape index (κ3) is 4.83. The largest absolute Gasteiger partial charge is 0.466 e. The van der Waals surface area contributed by atoms with Gasteiger partial charge in [-0.2, -0.15) is 0 Å². The van der Waals surface area contributed by atoms with Gasteiger partial charge in [-0.05, 0) is 45.1 Å². The van der Waals surface area contributed by atoms with Crippen molar-refractivity contribution in [3.05, 3.63) is 48.6 Å². The zero-order chi connectivity index (χ0) is 26.7. The van der Waals surface area contributed by atoms with Gasteiger partial charge in [0.2, 0.25) is 11.8 Å². The normalized spacial score (nSPS) is 29.6. The number of likely N-dealkylation sites (tertiary alicyclic amines) is 1. The highest BCUT2D eigenvalue weighted by atomic mass is 32.2. The smallest absolute Gasteiger partial charge is 0.310 e. The monoisotopic (exact) mass is 528 g/mol. The molecule has 1 N–H and O–H groups in total. The van der Waals surface area contributed by atoms with Crippen LogP contribution in [0.2, 0.25) is 0 Å². The topological polar surface area (TPSA) is 87.2 Å². The van der Waals surface area contributed by atoms with E-state index in [4.69, 9.17) is 4.74 Å². The molecule has 2 amide bonds. The molecule has 3 fully saturated rings. The highest BCUT2D eigenvalue weighted by Gasteiger charge is 2.74. The number of esters is 1. The Kier molecular flexibility index (Phi) is 8.69. The number of aliphatic hydroxyl groups is 1. The Morgan fingerprint density at radius 1 is 1.32 bits per heavy atom. The number of hydrogen-bond acceptors (Lipinski definition) is 6. The van der Waals surface area contributed by atoms with Gasteiger partial charge in [-0.3, -0.25) is 14.4 Å². The molecule has 2 bridgehead atoms. The van der Waals surface area contributed by atoms with Gasteiger partial charge in [0.15, 0.2) is 0 Å². The van der Waals surface area contributed by atoms with E-state index in [1.54, 1.807) is 29.7 Å². The van der Waals surface area contributed by atoms with Crippen LogP contribution >= 0.6 is 11.8 Å². The number of fused-ring (bicyclic) bond motifs is 1. The molecule has 3 unspecified atom stereocenters. The summed E-state index contributed by atoms with van der Waals surface area (Å²) >= 11 is 1.63. The van der Waals surface area contributed by atoms with Crippen molar-refractivity contribution in [1.82, 2.24) is 9.80 Å². The summed E-state index contributed by atoms with van der Waals surface area (Å²) in [5.74, 6) is -1.85. The number of thioether (sulfide) groups is 1. The Balaban J connectivity index is 1.78. The maximum atomic E-state index is 14.5. The van der Waals surface area contributed by atoms with Crippen LogP contribution in [0.1, 0.15) is 52.0 Å². The number of carbonyl (C=O) groups excluding carboxylic acids is 3. The molecular formula is C29H40N2O5S. The van der Waals surface area contributed by atoms with Crippen LogP contribution in [0.5, 0.6) is 0 Å². The Morgan fingerprint density at radius 3 is 2.68 bits per heavy atom. The van der Waals surface area contributed by atoms with Gasteiger partial charge in [-0.15, -0.1) is 18.3 Å². The standard InChI is InChI=1S/C29H40N2O5S/c1-5-11-19(4)30(16-6-2)27(34)25-29-15-14-22(37-29)23(28(35)36-7-3)24(29)26(33)31(25)21(18-32)17-20-12-9-8-10-13-20/h6,8-10,12-13,19,21-25,32H,2,5,7,11,14-18H2,1,3-4H3/t19?,21-,22+,23-,24+,25?,29?/m1/s1. The van der Waals surface area contributed by atoms with Gasteiger partial charge in [0.1, 0.15) is 6.04 Å². The summed E-state index contributed by atoms with van der Waals surface area (Å²) in [4.78, 5) is 45.3. The Morgan fingerprint density at radius 2 is 2.05 bits per heavy atom. The number of carbonyl (C=O) groups is 3. The molecule has 3 heterocycles. The predicted octanol–water partition coefficient (Wildman–Crippen LogP) is 3.45. The predicted molar refractivity (Wildman–Crippen MR) is 145 cm³/mol. The molecule has 1 aromatic rings. The van der Waals surface area contributed by atoms with E-state index in [2.05, 4.69) is 13.5 Å². The molecule has 7 atom stereocenters. The molecule has 8 heteroatoms. The number of amides is 2. The van der Waals surface area contributed by atoms with Gasteiger partial charge < -0.3 is 19.6 Å². The Hall–Kier alpha value is -2.32. The number of nitrogens with zero attached hydrogens (tertiary/aromatic N) is 2. The summed E-state index contributed by atoms with van der Waals surface area (Å²) in [5.41, 5.74) is 0.983. The van der Waals surface area contributed by atoms with Crippen LogP contribution in [0, 0.1) is 11.8 Å². The number of aliphatic hydroxyl groups excluding tert-OH is 1. The summed E-state index contributed by atoms with van der Waals surface area (Å²) in [6, 6.07) is 8.38. The third-order valence-corrected chi connectivity index (χ3v) is 10.2. The van der Waals surface area contributed by atoms with Crippen LogP contribution in [0.25, 0.3) is 0 Å². The minimum absolute atomic E-state index is 0.0194. The molecule has 0 aromatic heterocycles. The lowest BCUT2D eigenvalue weighted by molar-refractivity contribution is -0.154. The van der Waals surface area contributed by atoms with Gasteiger partial charge >= 0.3 is 5.97 Å². The SMILES string of the molecule is C=CCN(C(=O)C1N([C@@H](CO)Cc2ccccc2)C(=O)[C@@H]2[C@H](C(=O)OCC)[C@@H]3CCC12S3)C(C)CCC. The van der Waals surface area contributed by atoms with E-state index in [1.165, 1.54) is 0 Å². The van der Waals surface area contributed by atoms with Crippen molar-refractivity contribution in [3.63, 3.8) is 0 Å². The minimum Gasteiger partial charge on any atom is -0.466 e. The fraction of sp³-hybridized carbons (Fsp3) is 0.621. The van der Waals surface area contributed by atoms with E-state index in [-0.39, 0.29) is 42.3 Å². The first-order valence-electron chi connectivity index (χ1n) is 13.6. The maximum absolute atomic E-state index is 14.5. The van der Waals surface area contributed by atoms with Crippen molar-refractivity contribution in [3.8, 4) is 0 Å². The van der Waals surface area contributed by atoms with Gasteiger partial charge in [-0.1, -0.05) is 49.8 Å². The van der Waals surface area contributed by atoms with Crippen LogP contribution in [0.4, 0.5) is 0 Å². The quantitative estimate of drug-likeness (QED) is 0.330. The fourth-order valence-electron chi connectivity index (χ4n) is 6.76. The summed E-state index contributed by atoms with van der Waals surface area (Å²) in [5, 5.41) is 10.5. The lowest BCUT2D eigenvalue weighted by Crippen LogP contribution is -2.59. The Labute approximate surface area is 224 Å². The molecule has 0 saturated carbocycles. The summed E-state index contributed by atoms with van der Waals surface area (Å²) in [6.07, 6.45) is 5.39. The van der Waals surface area contributed by atoms with E-state index in [0.717, 1.165) is 24.8 Å². The summed E-state index contributed by atoms with van der Waals surface area (Å²) in [6.45, 7) is 10.1. The van der Waals surface area contributed by atoms with Crippen LogP contribution in [0.15, 0.2) is 43.0 Å². The highest BCUT2D eigenvalue weighted by molar-refractivity contribution is 8.02. The zero-order valence-corrected chi connectivity index (χ0v) is 23.0. The number of benzene rings is 1. The minimum atomic E-state index is -0.750. The van der Waals surface area contributed by atoms with E-state index in [0.29, 0.717) is 19.4 Å². The zero-order valence-electron chi connectivity index (χ0n) is 22.2. The Bertz CT molecular complexity index is 1000. The average molecular weight is 529 g/mol. The van der Waals surface area contributed by atoms with Gasteiger partial charge in [0.05, 0.1) is 35.8 Å². The average Bonchev–Trinajstić information content (AvgIpc) is 3.54. The molecule has 1 aromatic carbocycles. The van der Waals surface area contributed by atoms with E-state index >= 15 is 0 Å². The van der Waals surface area contributed by atoms with Crippen molar-refractivity contribution >= 4 is 29.5 Å². The molecule has 37 heavy (non-hydrogen) atoms. The van der Waals surface area contributed by atoms with E-state index in [1.807, 2.05) is 42.2 Å². The first-order valence-corrected chi connectivity index (χ1v) is 14.4. The lowest BCUT2D eigenvalue weighted by Gasteiger charge is -2.41. The molecule has 0 radical (unpaired) electrons. The first-order chi connectivity index (χ1) is 17.8. The fourth-order valence-corrected chi connectivity index (χ4v) is 8.95. The molecular weight excluding hydrogens is 488 g/mol. The van der Waals surface area contributed by atoms with Gasteiger partial charge in [0, 0.05) is 17.8 Å². The molecule has 4 rings (SSSR count). The highest BCUT2D eigenvalue weighted by Crippen LogP contribution is 2.67. The second-order valence-electron chi connectivity index (χ2n) is 10.5. The first kappa shape index (κ1) is 27.7. The molecule has 202 valence electrons. The number of rotatable bonds is 12.